The molecule has 1 saturated heterocycles. The van der Waals surface area contributed by atoms with Gasteiger partial charge in [-0.05, 0) is 37.0 Å². The second kappa shape index (κ2) is 7.03. The molecule has 0 spiro atoms. The quantitative estimate of drug-likeness (QED) is 0.906. The molecule has 1 aromatic carbocycles. The molecule has 0 bridgehead atoms. The van der Waals surface area contributed by atoms with Crippen LogP contribution in [-0.4, -0.2) is 25.7 Å². The number of carbonyl (C=O) groups is 1. The van der Waals surface area contributed by atoms with Crippen molar-refractivity contribution in [3.8, 4) is 0 Å². The summed E-state index contributed by atoms with van der Waals surface area (Å²) in [6, 6.07) is 6.64. The fourth-order valence-corrected chi connectivity index (χ4v) is 2.75. The fraction of sp³-hybridized carbons (Fsp3) is 0.588. The second-order valence-electron chi connectivity index (χ2n) is 5.93. The third kappa shape index (κ3) is 3.82. The summed E-state index contributed by atoms with van der Waals surface area (Å²) in [4.78, 5) is 12.0. The van der Waals surface area contributed by atoms with E-state index in [-0.39, 0.29) is 23.1 Å². The Bertz CT molecular complexity index is 466. The summed E-state index contributed by atoms with van der Waals surface area (Å²) in [5.41, 5.74) is 0.936. The van der Waals surface area contributed by atoms with Crippen LogP contribution in [-0.2, 0) is 14.9 Å². The molecule has 2 rings (SSSR count). The van der Waals surface area contributed by atoms with Gasteiger partial charge in [-0.25, -0.2) is 4.39 Å². The first-order valence-corrected chi connectivity index (χ1v) is 7.69. The molecule has 21 heavy (non-hydrogen) atoms. The van der Waals surface area contributed by atoms with Crippen LogP contribution < -0.4 is 5.32 Å². The molecule has 116 valence electrons. The van der Waals surface area contributed by atoms with E-state index in [1.807, 2.05) is 26.0 Å². The summed E-state index contributed by atoms with van der Waals surface area (Å²) < 4.78 is 18.6. The molecule has 1 amide bonds. The van der Waals surface area contributed by atoms with Crippen LogP contribution in [0.2, 0.25) is 0 Å². The van der Waals surface area contributed by atoms with Crippen LogP contribution in [0.25, 0.3) is 0 Å². The van der Waals surface area contributed by atoms with Gasteiger partial charge < -0.3 is 10.1 Å². The van der Waals surface area contributed by atoms with Crippen LogP contribution in [0.3, 0.4) is 0 Å². The molecule has 0 radical (unpaired) electrons. The highest BCUT2D eigenvalue weighted by molar-refractivity contribution is 5.78. The van der Waals surface area contributed by atoms with Crippen molar-refractivity contribution in [1.29, 1.82) is 0 Å². The summed E-state index contributed by atoms with van der Waals surface area (Å²) in [6.45, 7) is 5.89. The highest BCUT2D eigenvalue weighted by atomic mass is 19.1. The molecular weight excluding hydrogens is 269 g/mol. The normalized spacial score (nSPS) is 19.0. The highest BCUT2D eigenvalue weighted by Gasteiger charge is 2.35. The lowest BCUT2D eigenvalue weighted by molar-refractivity contribution is -0.125. The average Bonchev–Trinajstić information content (AvgIpc) is 2.53. The number of hydrogen-bond acceptors (Lipinski definition) is 2. The van der Waals surface area contributed by atoms with Crippen molar-refractivity contribution in [2.24, 2.45) is 5.92 Å². The van der Waals surface area contributed by atoms with Gasteiger partial charge in [-0.15, -0.1) is 0 Å². The van der Waals surface area contributed by atoms with E-state index in [9.17, 15) is 9.18 Å². The van der Waals surface area contributed by atoms with Gasteiger partial charge in [0.05, 0.1) is 0 Å². The Morgan fingerprint density at radius 2 is 1.95 bits per heavy atom. The first kappa shape index (κ1) is 16.0. The van der Waals surface area contributed by atoms with Crippen molar-refractivity contribution in [2.45, 2.75) is 38.5 Å². The van der Waals surface area contributed by atoms with Crippen molar-refractivity contribution in [3.05, 3.63) is 35.6 Å². The van der Waals surface area contributed by atoms with Crippen molar-refractivity contribution >= 4 is 5.91 Å². The number of halogens is 1. The molecule has 1 fully saturated rings. The lowest BCUT2D eigenvalue weighted by Crippen LogP contribution is -2.45. The second-order valence-corrected chi connectivity index (χ2v) is 5.93. The topological polar surface area (TPSA) is 38.3 Å². The molecule has 3 nitrogen and oxygen atoms in total. The SMILES string of the molecule is CC[C@H](C)C(=O)NCC1(c2ccc(F)cc2)CCOCC1. The number of amides is 1. The largest absolute Gasteiger partial charge is 0.381 e. The Kier molecular flexibility index (Phi) is 5.34. The van der Waals surface area contributed by atoms with E-state index in [4.69, 9.17) is 4.74 Å². The Labute approximate surface area is 125 Å². The van der Waals surface area contributed by atoms with Crippen LogP contribution in [0.5, 0.6) is 0 Å². The number of rotatable bonds is 5. The van der Waals surface area contributed by atoms with Crippen molar-refractivity contribution in [3.63, 3.8) is 0 Å². The monoisotopic (exact) mass is 293 g/mol. The van der Waals surface area contributed by atoms with Crippen LogP contribution in [0.4, 0.5) is 4.39 Å². The number of hydrogen-bond donors (Lipinski definition) is 1. The van der Waals surface area contributed by atoms with Gasteiger partial charge in [0.2, 0.25) is 5.91 Å². The Hall–Kier alpha value is -1.42. The third-order valence-electron chi connectivity index (χ3n) is 4.57. The lowest BCUT2D eigenvalue weighted by atomic mass is 9.74. The lowest BCUT2D eigenvalue weighted by Gasteiger charge is -2.38. The summed E-state index contributed by atoms with van der Waals surface area (Å²) >= 11 is 0. The van der Waals surface area contributed by atoms with E-state index < -0.39 is 0 Å². The molecule has 0 aromatic heterocycles. The van der Waals surface area contributed by atoms with E-state index in [2.05, 4.69) is 5.32 Å². The maximum atomic E-state index is 13.1. The molecule has 1 N–H and O–H groups in total. The molecule has 4 heteroatoms. The minimum Gasteiger partial charge on any atom is -0.381 e. The molecule has 0 unspecified atom stereocenters. The summed E-state index contributed by atoms with van der Waals surface area (Å²) in [7, 11) is 0. The molecule has 0 saturated carbocycles. The standard InChI is InChI=1S/C17H24FNO2/c1-3-13(2)16(20)19-12-17(8-10-21-11-9-17)14-4-6-15(18)7-5-14/h4-7,13H,3,8-12H2,1-2H3,(H,19,20)/t13-/m0/s1. The zero-order valence-electron chi connectivity index (χ0n) is 12.8. The fourth-order valence-electron chi connectivity index (χ4n) is 2.75. The van der Waals surface area contributed by atoms with Gasteiger partial charge in [0.15, 0.2) is 0 Å². The Morgan fingerprint density at radius 1 is 1.33 bits per heavy atom. The van der Waals surface area contributed by atoms with Gasteiger partial charge in [-0.1, -0.05) is 26.0 Å². The first-order valence-electron chi connectivity index (χ1n) is 7.69. The van der Waals surface area contributed by atoms with Crippen molar-refractivity contribution < 1.29 is 13.9 Å². The average molecular weight is 293 g/mol. The predicted molar refractivity (Wildman–Crippen MR) is 80.6 cm³/mol. The van der Waals surface area contributed by atoms with Gasteiger partial charge in [-0.3, -0.25) is 4.79 Å². The van der Waals surface area contributed by atoms with Crippen LogP contribution in [0.15, 0.2) is 24.3 Å². The Balaban J connectivity index is 2.13. The van der Waals surface area contributed by atoms with Crippen molar-refractivity contribution in [1.82, 2.24) is 5.32 Å². The van der Waals surface area contributed by atoms with Crippen LogP contribution >= 0.6 is 0 Å². The number of carbonyl (C=O) groups excluding carboxylic acids is 1. The van der Waals surface area contributed by atoms with E-state index in [1.165, 1.54) is 12.1 Å². The summed E-state index contributed by atoms with van der Waals surface area (Å²) in [5, 5.41) is 3.07. The molecule has 1 atom stereocenters. The van der Waals surface area contributed by atoms with Gasteiger partial charge >= 0.3 is 0 Å². The zero-order chi connectivity index (χ0) is 15.3. The third-order valence-corrected chi connectivity index (χ3v) is 4.57. The van der Waals surface area contributed by atoms with E-state index in [0.717, 1.165) is 24.8 Å². The van der Waals surface area contributed by atoms with E-state index >= 15 is 0 Å². The molecule has 1 aliphatic heterocycles. The maximum Gasteiger partial charge on any atom is 0.222 e. The van der Waals surface area contributed by atoms with Gasteiger partial charge in [0.25, 0.3) is 0 Å². The molecule has 1 aliphatic rings. The summed E-state index contributed by atoms with van der Waals surface area (Å²) in [6.07, 6.45) is 2.53. The number of benzene rings is 1. The number of ether oxygens (including phenoxy) is 1. The van der Waals surface area contributed by atoms with Crippen LogP contribution in [0, 0.1) is 11.7 Å². The zero-order valence-corrected chi connectivity index (χ0v) is 12.8. The first-order chi connectivity index (χ1) is 10.1. The predicted octanol–water partition coefficient (Wildman–Crippen LogP) is 3.04. The molecule has 1 heterocycles. The smallest absolute Gasteiger partial charge is 0.222 e. The highest BCUT2D eigenvalue weighted by Crippen LogP contribution is 2.34. The van der Waals surface area contributed by atoms with Gasteiger partial charge in [-0.2, -0.15) is 0 Å². The van der Waals surface area contributed by atoms with Gasteiger partial charge in [0.1, 0.15) is 5.82 Å². The molecular formula is C17H24FNO2. The number of nitrogens with one attached hydrogen (secondary N) is 1. The van der Waals surface area contributed by atoms with Gasteiger partial charge in [0, 0.05) is 31.1 Å². The summed E-state index contributed by atoms with van der Waals surface area (Å²) in [5.74, 6) is -0.120. The van der Waals surface area contributed by atoms with E-state index in [0.29, 0.717) is 19.8 Å². The maximum absolute atomic E-state index is 13.1. The van der Waals surface area contributed by atoms with Crippen molar-refractivity contribution in [2.75, 3.05) is 19.8 Å². The molecule has 1 aromatic rings. The Morgan fingerprint density at radius 3 is 2.52 bits per heavy atom. The van der Waals surface area contributed by atoms with Crippen LogP contribution in [0.1, 0.15) is 38.7 Å². The minimum absolute atomic E-state index is 0.0232. The van der Waals surface area contributed by atoms with E-state index in [1.54, 1.807) is 0 Å². The molecule has 0 aliphatic carbocycles. The minimum atomic E-state index is -0.232.